The maximum atomic E-state index is 13.8. The summed E-state index contributed by atoms with van der Waals surface area (Å²) in [5.41, 5.74) is 0.338. The molecule has 0 saturated heterocycles. The molecule has 8 heteroatoms. The van der Waals surface area contributed by atoms with E-state index >= 15 is 0 Å². The van der Waals surface area contributed by atoms with Crippen LogP contribution in [0.15, 0.2) is 18.2 Å². The van der Waals surface area contributed by atoms with Gasteiger partial charge in [0.1, 0.15) is 23.9 Å². The number of alkyl carbamates (subject to hydrolysis) is 1. The molecule has 1 saturated carbocycles. The summed E-state index contributed by atoms with van der Waals surface area (Å²) in [5, 5.41) is 16.6. The predicted octanol–water partition coefficient (Wildman–Crippen LogP) is 5.51. The van der Waals surface area contributed by atoms with Gasteiger partial charge >= 0.3 is 6.09 Å². The van der Waals surface area contributed by atoms with Gasteiger partial charge in [0, 0.05) is 18.2 Å². The summed E-state index contributed by atoms with van der Waals surface area (Å²) < 4.78 is 5.28. The highest BCUT2D eigenvalue weighted by molar-refractivity contribution is 5.91. The van der Waals surface area contributed by atoms with Crippen molar-refractivity contribution in [2.24, 2.45) is 0 Å². The van der Waals surface area contributed by atoms with Crippen LogP contribution in [0, 0.1) is 6.92 Å². The van der Waals surface area contributed by atoms with Crippen molar-refractivity contribution in [2.75, 3.05) is 13.1 Å². The topological polar surface area (TPSA) is 108 Å². The Morgan fingerprint density at radius 1 is 1.08 bits per heavy atom. The van der Waals surface area contributed by atoms with Crippen LogP contribution < -0.4 is 10.6 Å². The molecule has 0 heterocycles. The fourth-order valence-corrected chi connectivity index (χ4v) is 4.73. The highest BCUT2D eigenvalue weighted by atomic mass is 16.6. The number of ether oxygens (including phenoxy) is 1. The van der Waals surface area contributed by atoms with E-state index in [1.54, 1.807) is 45.9 Å². The van der Waals surface area contributed by atoms with E-state index in [2.05, 4.69) is 17.6 Å². The summed E-state index contributed by atoms with van der Waals surface area (Å²) >= 11 is 0. The first-order valence-electron chi connectivity index (χ1n) is 13.9. The smallest absolute Gasteiger partial charge is 0.408 e. The number of carbonyl (C=O) groups is 3. The highest BCUT2D eigenvalue weighted by Gasteiger charge is 2.34. The molecule has 1 aromatic rings. The predicted molar refractivity (Wildman–Crippen MR) is 145 cm³/mol. The van der Waals surface area contributed by atoms with Crippen molar-refractivity contribution < 1.29 is 24.2 Å². The van der Waals surface area contributed by atoms with Gasteiger partial charge in [-0.1, -0.05) is 70.1 Å². The van der Waals surface area contributed by atoms with Gasteiger partial charge in [0.2, 0.25) is 11.8 Å². The van der Waals surface area contributed by atoms with Gasteiger partial charge in [-0.2, -0.15) is 0 Å². The number of phenolic OH excluding ortho intramolecular Hbond substituents is 1. The number of unbranched alkanes of at least 4 members (excludes halogenated alkanes) is 4. The number of aromatic hydroxyl groups is 1. The lowest BCUT2D eigenvalue weighted by Gasteiger charge is -2.34. The van der Waals surface area contributed by atoms with Crippen molar-refractivity contribution in [1.29, 1.82) is 0 Å². The average Bonchev–Trinajstić information content (AvgIpc) is 2.83. The van der Waals surface area contributed by atoms with Gasteiger partial charge in [0.15, 0.2) is 0 Å². The van der Waals surface area contributed by atoms with Crippen molar-refractivity contribution >= 4 is 17.9 Å². The molecule has 208 valence electrons. The Kier molecular flexibility index (Phi) is 12.2. The zero-order valence-corrected chi connectivity index (χ0v) is 23.4. The Morgan fingerprint density at radius 3 is 2.41 bits per heavy atom. The third-order valence-corrected chi connectivity index (χ3v) is 6.68. The number of nitrogens with one attached hydrogen (secondary N) is 2. The number of aryl methyl sites for hydroxylation is 1. The maximum absolute atomic E-state index is 13.8. The van der Waals surface area contributed by atoms with E-state index in [-0.39, 0.29) is 24.2 Å². The molecule has 0 bridgehead atoms. The van der Waals surface area contributed by atoms with Gasteiger partial charge in [0.25, 0.3) is 0 Å². The van der Waals surface area contributed by atoms with Crippen LogP contribution in [-0.4, -0.2) is 52.6 Å². The molecule has 1 fully saturated rings. The Hall–Kier alpha value is -2.77. The van der Waals surface area contributed by atoms with Crippen molar-refractivity contribution in [3.8, 4) is 5.75 Å². The van der Waals surface area contributed by atoms with Crippen LogP contribution >= 0.6 is 0 Å². The lowest BCUT2D eigenvalue weighted by molar-refractivity contribution is -0.140. The van der Waals surface area contributed by atoms with Crippen LogP contribution in [0.5, 0.6) is 5.75 Å². The van der Waals surface area contributed by atoms with Crippen molar-refractivity contribution in [3.63, 3.8) is 0 Å². The third-order valence-electron chi connectivity index (χ3n) is 6.68. The number of phenols is 1. The SMILES string of the molecule is CCCCCCCN(C(=O)CNC(=O)OC(C)(C)C)C(C(=O)NC1CCCCC1)c1cccc(C)c1O. The Balaban J connectivity index is 2.32. The molecule has 1 atom stereocenters. The van der Waals surface area contributed by atoms with Crippen LogP contribution in [-0.2, 0) is 14.3 Å². The molecule has 0 aromatic heterocycles. The minimum atomic E-state index is -0.999. The third kappa shape index (κ3) is 10.3. The largest absolute Gasteiger partial charge is 0.507 e. The summed E-state index contributed by atoms with van der Waals surface area (Å²) in [5.74, 6) is -0.687. The molecule has 1 aliphatic carbocycles. The van der Waals surface area contributed by atoms with E-state index in [4.69, 9.17) is 4.74 Å². The second-order valence-electron chi connectivity index (χ2n) is 11.1. The molecule has 3 amide bonds. The summed E-state index contributed by atoms with van der Waals surface area (Å²) in [6.45, 7) is 9.22. The van der Waals surface area contributed by atoms with Crippen LogP contribution in [0.25, 0.3) is 0 Å². The summed E-state index contributed by atoms with van der Waals surface area (Å²) in [6.07, 6.45) is 9.31. The maximum Gasteiger partial charge on any atom is 0.408 e. The van der Waals surface area contributed by atoms with E-state index in [1.165, 1.54) is 4.90 Å². The summed E-state index contributed by atoms with van der Waals surface area (Å²) in [4.78, 5) is 41.0. The molecule has 8 nitrogen and oxygen atoms in total. The number of nitrogens with zero attached hydrogens (tertiary/aromatic N) is 1. The fraction of sp³-hybridized carbons (Fsp3) is 0.690. The number of carbonyl (C=O) groups excluding carboxylic acids is 3. The van der Waals surface area contributed by atoms with Crippen LogP contribution in [0.1, 0.15) is 109 Å². The number of hydrogen-bond donors (Lipinski definition) is 3. The van der Waals surface area contributed by atoms with E-state index in [1.807, 2.05) is 0 Å². The lowest BCUT2D eigenvalue weighted by atomic mass is 9.94. The van der Waals surface area contributed by atoms with Crippen LogP contribution in [0.3, 0.4) is 0 Å². The highest BCUT2D eigenvalue weighted by Crippen LogP contribution is 2.33. The molecule has 1 aromatic carbocycles. The Bertz CT molecular complexity index is 890. The summed E-state index contributed by atoms with van der Waals surface area (Å²) in [7, 11) is 0. The van der Waals surface area contributed by atoms with Crippen molar-refractivity contribution in [3.05, 3.63) is 29.3 Å². The second-order valence-corrected chi connectivity index (χ2v) is 11.1. The molecule has 3 N–H and O–H groups in total. The minimum Gasteiger partial charge on any atom is -0.507 e. The fourth-order valence-electron chi connectivity index (χ4n) is 4.73. The Labute approximate surface area is 222 Å². The molecule has 0 aliphatic heterocycles. The standard InChI is InChI=1S/C29H47N3O5/c1-6-7-8-9-13-19-32(24(33)20-30-28(36)37-29(3,4)5)25(23-18-14-15-21(2)26(23)34)27(35)31-22-16-11-10-12-17-22/h14-15,18,22,25,34H,6-13,16-17,19-20H2,1-5H3,(H,30,36)(H,31,35). The molecule has 37 heavy (non-hydrogen) atoms. The first-order chi connectivity index (χ1) is 17.5. The van der Waals surface area contributed by atoms with Gasteiger partial charge in [-0.15, -0.1) is 0 Å². The van der Waals surface area contributed by atoms with E-state index in [0.717, 1.165) is 64.2 Å². The van der Waals surface area contributed by atoms with E-state index < -0.39 is 23.6 Å². The molecule has 1 aliphatic rings. The van der Waals surface area contributed by atoms with Gasteiger partial charge in [-0.3, -0.25) is 9.59 Å². The second kappa shape index (κ2) is 14.8. The van der Waals surface area contributed by atoms with Gasteiger partial charge < -0.3 is 25.4 Å². The first kappa shape index (κ1) is 30.5. The lowest BCUT2D eigenvalue weighted by Crippen LogP contribution is -2.50. The zero-order chi connectivity index (χ0) is 27.4. The van der Waals surface area contributed by atoms with Gasteiger partial charge in [-0.25, -0.2) is 4.79 Å². The number of amides is 3. The number of hydrogen-bond acceptors (Lipinski definition) is 5. The van der Waals surface area contributed by atoms with Crippen LogP contribution in [0.4, 0.5) is 4.79 Å². The van der Waals surface area contributed by atoms with Crippen molar-refractivity contribution in [2.45, 2.75) is 117 Å². The Morgan fingerprint density at radius 2 is 1.76 bits per heavy atom. The molecule has 0 radical (unpaired) electrons. The molecule has 1 unspecified atom stereocenters. The molecule has 0 spiro atoms. The average molecular weight is 518 g/mol. The first-order valence-corrected chi connectivity index (χ1v) is 13.9. The summed E-state index contributed by atoms with van der Waals surface area (Å²) in [6, 6.07) is 4.31. The van der Waals surface area contributed by atoms with Crippen molar-refractivity contribution in [1.82, 2.24) is 15.5 Å². The van der Waals surface area contributed by atoms with E-state index in [0.29, 0.717) is 17.7 Å². The molecule has 2 rings (SSSR count). The molecular weight excluding hydrogens is 470 g/mol. The monoisotopic (exact) mass is 517 g/mol. The zero-order valence-electron chi connectivity index (χ0n) is 23.4. The van der Waals surface area contributed by atoms with Gasteiger partial charge in [-0.05, 0) is 52.5 Å². The number of para-hydroxylation sites is 1. The number of rotatable bonds is 12. The molecular formula is C29H47N3O5. The minimum absolute atomic E-state index is 0.00942. The number of benzene rings is 1. The van der Waals surface area contributed by atoms with Crippen LogP contribution in [0.2, 0.25) is 0 Å². The quantitative estimate of drug-likeness (QED) is 0.317. The van der Waals surface area contributed by atoms with Gasteiger partial charge in [0.05, 0.1) is 0 Å². The van der Waals surface area contributed by atoms with E-state index in [9.17, 15) is 19.5 Å². The normalized spacial score (nSPS) is 15.1.